The third kappa shape index (κ3) is 6.50. The van der Waals surface area contributed by atoms with Crippen LogP contribution in [-0.2, 0) is 31.6 Å². The molecule has 0 amide bonds. The second-order valence-electron chi connectivity index (χ2n) is 5.87. The topological polar surface area (TPSA) is 289 Å². The molecule has 0 spiro atoms. The number of hydrogen-bond donors (Lipinski definition) is 7. The quantitative estimate of drug-likeness (QED) is 0.137. The molecule has 1 fully saturated rings. The average Bonchev–Trinajstić information content (AvgIpc) is 2.83. The van der Waals surface area contributed by atoms with E-state index in [2.05, 4.69) is 35.1 Å². The molecule has 18 nitrogen and oxygen atoms in total. The fourth-order valence-corrected chi connectivity index (χ4v) is 5.24. The number of anilines is 1. The third-order valence-corrected chi connectivity index (χ3v) is 7.12. The fourth-order valence-electron chi connectivity index (χ4n) is 2.36. The van der Waals surface area contributed by atoms with Crippen LogP contribution in [0.5, 0.6) is 0 Å². The number of rotatable bonds is 8. The summed E-state index contributed by atoms with van der Waals surface area (Å²) in [7, 11) is -17.7. The van der Waals surface area contributed by atoms with E-state index in [1.807, 2.05) is 0 Å². The Morgan fingerprint density at radius 2 is 1.94 bits per heavy atom. The van der Waals surface area contributed by atoms with E-state index < -0.39 is 59.7 Å². The highest BCUT2D eigenvalue weighted by Gasteiger charge is 2.56. The zero-order valence-corrected chi connectivity index (χ0v) is 18.3. The molecule has 0 aromatic carbocycles. The van der Waals surface area contributed by atoms with E-state index in [1.54, 1.807) is 0 Å². The van der Waals surface area contributed by atoms with E-state index in [1.165, 1.54) is 6.92 Å². The summed E-state index contributed by atoms with van der Waals surface area (Å²) >= 11 is 0. The number of aromatic nitrogens is 3. The Bertz CT molecular complexity index is 1210. The van der Waals surface area contributed by atoms with Crippen LogP contribution in [0.15, 0.2) is 11.0 Å². The molecule has 1 aromatic rings. The lowest BCUT2D eigenvalue weighted by atomic mass is 9.92. The Hall–Kier alpha value is -1.54. The van der Waals surface area contributed by atoms with Crippen LogP contribution in [-0.4, -0.2) is 63.8 Å². The molecular formula is C11H18N5O13P3. The van der Waals surface area contributed by atoms with E-state index in [9.17, 15) is 33.4 Å². The largest absolute Gasteiger partial charge is 0.490 e. The zero-order valence-electron chi connectivity index (χ0n) is 17.6. The number of hydrogen-bond acceptors (Lipinski definition) is 13. The van der Waals surface area contributed by atoms with Crippen LogP contribution >= 0.6 is 23.5 Å². The van der Waals surface area contributed by atoms with Crippen molar-refractivity contribution in [3.05, 3.63) is 16.7 Å². The molecule has 3 unspecified atom stereocenters. The van der Waals surface area contributed by atoms with Crippen molar-refractivity contribution in [1.29, 1.82) is 0 Å². The molecule has 1 aliphatic heterocycles. The first-order valence-corrected chi connectivity index (χ1v) is 12.4. The fraction of sp³-hybridized carbons (Fsp3) is 0.545. The summed E-state index contributed by atoms with van der Waals surface area (Å²) in [6.07, 6.45) is -5.51. The number of aliphatic hydroxyl groups is 1. The van der Waals surface area contributed by atoms with Gasteiger partial charge in [-0.05, 0) is 6.92 Å². The van der Waals surface area contributed by atoms with Gasteiger partial charge in [-0.15, -0.1) is 5.92 Å². The van der Waals surface area contributed by atoms with Crippen LogP contribution in [0, 0.1) is 11.8 Å². The number of ether oxygens (including phenoxy) is 1. The smallest absolute Gasteiger partial charge is 0.387 e. The molecule has 0 bridgehead atoms. The molecule has 1 aromatic heterocycles. The van der Waals surface area contributed by atoms with Crippen LogP contribution in [0.4, 0.5) is 5.82 Å². The van der Waals surface area contributed by atoms with Crippen molar-refractivity contribution in [1.82, 2.24) is 14.8 Å². The van der Waals surface area contributed by atoms with Crippen LogP contribution < -0.4 is 17.2 Å². The van der Waals surface area contributed by atoms with Gasteiger partial charge < -0.3 is 40.9 Å². The Balaban J connectivity index is 2.40. The molecule has 21 heteroatoms. The molecule has 0 saturated carbocycles. The van der Waals surface area contributed by atoms with Crippen LogP contribution in [0.1, 0.15) is 15.9 Å². The van der Waals surface area contributed by atoms with Gasteiger partial charge >= 0.3 is 29.2 Å². The molecule has 1 saturated heterocycles. The van der Waals surface area contributed by atoms with Crippen molar-refractivity contribution in [2.24, 2.45) is 5.73 Å². The summed E-state index contributed by atoms with van der Waals surface area (Å²) in [4.78, 5) is 51.5. The number of phosphoric ester groups is 1. The highest BCUT2D eigenvalue weighted by atomic mass is 31.3. The van der Waals surface area contributed by atoms with Crippen molar-refractivity contribution in [3.8, 4) is 11.8 Å². The lowest BCUT2D eigenvalue weighted by Crippen LogP contribution is -2.55. The van der Waals surface area contributed by atoms with Gasteiger partial charge in [0.2, 0.25) is 0 Å². The summed E-state index contributed by atoms with van der Waals surface area (Å²) in [5.41, 5.74) is 7.93. The van der Waals surface area contributed by atoms with E-state index in [-0.39, 0.29) is 5.82 Å². The molecular weight excluding hydrogens is 503 g/mol. The Labute approximate surface area is 181 Å². The second-order valence-corrected chi connectivity index (χ2v) is 10.2. The van der Waals surface area contributed by atoms with Crippen molar-refractivity contribution < 1.29 is 59.0 Å². The first-order chi connectivity index (χ1) is 15.2. The molecule has 0 aliphatic carbocycles. The summed E-state index contributed by atoms with van der Waals surface area (Å²) in [6.45, 7) is -2.32. The van der Waals surface area contributed by atoms with Gasteiger partial charge in [-0.1, -0.05) is 5.92 Å². The minimum absolute atomic E-state index is 0.302. The lowest BCUT2D eigenvalue weighted by molar-refractivity contribution is -0.0519. The molecule has 32 heavy (non-hydrogen) atoms. The lowest BCUT2D eigenvalue weighted by Gasteiger charge is -2.26. The standard InChI is InChI=1S/C11H18N5O13P3/c1-2-3-11(13)8(17)6(27-9(11)16-10(18)15-7(12)4-14-16)5-26-31(22,23)29-32(24,25)28-30(19,20)21/h4,6,8-9,17H,5,13H2,1H3,(H,22,23)(H,24,25)(H2,12,15,18)(H2,19,20,21)/t6-,8+,9-,11?/m1/s1/i5D2. The van der Waals surface area contributed by atoms with Crippen LogP contribution in [0.25, 0.3) is 0 Å². The highest BCUT2D eigenvalue weighted by Crippen LogP contribution is 2.66. The van der Waals surface area contributed by atoms with Crippen LogP contribution in [0.2, 0.25) is 0 Å². The van der Waals surface area contributed by atoms with Crippen molar-refractivity contribution in [2.75, 3.05) is 12.3 Å². The van der Waals surface area contributed by atoms with Gasteiger partial charge in [-0.3, -0.25) is 4.52 Å². The minimum atomic E-state index is -6.00. The number of nitrogen functional groups attached to an aromatic ring is 1. The number of nitrogens with zero attached hydrogens (tertiary/aromatic N) is 3. The van der Waals surface area contributed by atoms with Gasteiger partial charge in [0.1, 0.15) is 18.0 Å². The average molecular weight is 523 g/mol. The molecule has 6 atom stereocenters. The Kier molecular flexibility index (Phi) is 6.92. The van der Waals surface area contributed by atoms with Crippen molar-refractivity contribution in [3.63, 3.8) is 0 Å². The maximum atomic E-state index is 12.2. The van der Waals surface area contributed by atoms with Gasteiger partial charge in [0.25, 0.3) is 0 Å². The highest BCUT2D eigenvalue weighted by molar-refractivity contribution is 7.66. The molecule has 0 radical (unpaired) electrons. The SMILES string of the molecule is [2H]C([2H])(OP(=O)(O)OP(=O)(O)OP(=O)(O)O)[C@H]1O[C@@H](n2ncc(N)nc2=O)C(N)(C#CC)[C@H]1O. The van der Waals surface area contributed by atoms with E-state index in [0.29, 0.717) is 4.68 Å². The second kappa shape index (κ2) is 9.37. The van der Waals surface area contributed by atoms with Gasteiger partial charge in [0.05, 0.1) is 15.5 Å². The van der Waals surface area contributed by atoms with Gasteiger partial charge in [0, 0.05) is 0 Å². The molecule has 2 heterocycles. The summed E-state index contributed by atoms with van der Waals surface area (Å²) < 4.78 is 66.8. The number of phosphoric acid groups is 3. The van der Waals surface area contributed by atoms with Gasteiger partial charge in [0.15, 0.2) is 11.8 Å². The number of nitrogens with two attached hydrogens (primary N) is 2. The van der Waals surface area contributed by atoms with Crippen molar-refractivity contribution in [2.45, 2.75) is 30.9 Å². The van der Waals surface area contributed by atoms with Gasteiger partial charge in [-0.25, -0.2) is 18.5 Å². The van der Waals surface area contributed by atoms with Gasteiger partial charge in [-0.2, -0.15) is 23.4 Å². The Morgan fingerprint density at radius 1 is 1.31 bits per heavy atom. The molecule has 2 rings (SSSR count). The van der Waals surface area contributed by atoms with Crippen molar-refractivity contribution >= 4 is 29.3 Å². The molecule has 1 aliphatic rings. The first kappa shape index (κ1) is 23.6. The normalized spacial score (nSPS) is 30.9. The first-order valence-electron chi connectivity index (χ1n) is 8.85. The summed E-state index contributed by atoms with van der Waals surface area (Å²) in [6, 6.07) is 0. The predicted octanol–water partition coefficient (Wildman–Crippen LogP) is -2.46. The molecule has 9 N–H and O–H groups in total. The van der Waals surface area contributed by atoms with E-state index in [0.717, 1.165) is 6.20 Å². The Morgan fingerprint density at radius 3 is 2.47 bits per heavy atom. The van der Waals surface area contributed by atoms with Crippen LogP contribution in [0.3, 0.4) is 0 Å². The third-order valence-electron chi connectivity index (χ3n) is 3.46. The zero-order chi connectivity index (χ0) is 26.3. The molecule has 180 valence electrons. The summed E-state index contributed by atoms with van der Waals surface area (Å²) in [5.74, 6) is 4.33. The minimum Gasteiger partial charge on any atom is -0.387 e. The maximum absolute atomic E-state index is 12.2. The van der Waals surface area contributed by atoms with E-state index in [4.69, 9.17) is 28.7 Å². The number of aliphatic hydroxyl groups excluding tert-OH is 1. The van der Waals surface area contributed by atoms with E-state index >= 15 is 0 Å². The summed E-state index contributed by atoms with van der Waals surface area (Å²) in [5, 5.41) is 14.3. The predicted molar refractivity (Wildman–Crippen MR) is 101 cm³/mol. The monoisotopic (exact) mass is 523 g/mol. The maximum Gasteiger partial charge on any atom is 0.490 e.